The summed E-state index contributed by atoms with van der Waals surface area (Å²) in [4.78, 5) is 14.0. The number of carboxylic acids is 1. The highest BCUT2D eigenvalue weighted by molar-refractivity contribution is 5.72. The highest BCUT2D eigenvalue weighted by Gasteiger charge is 2.38. The Morgan fingerprint density at radius 1 is 1.19 bits per heavy atom. The molecule has 0 saturated carbocycles. The van der Waals surface area contributed by atoms with Crippen molar-refractivity contribution in [3.8, 4) is 5.75 Å². The number of aliphatic hydroxyl groups is 1. The second-order valence-corrected chi connectivity index (χ2v) is 6.82. The quantitative estimate of drug-likeness (QED) is 0.799. The number of hydrogen-bond donors (Lipinski definition) is 2. The summed E-state index contributed by atoms with van der Waals surface area (Å²) < 4.78 is 5.46. The first kappa shape index (κ1) is 18.4. The third-order valence-corrected chi connectivity index (χ3v) is 4.97. The molecule has 138 valence electrons. The van der Waals surface area contributed by atoms with E-state index in [9.17, 15) is 9.90 Å². The number of nitrogens with zero attached hydrogens (tertiary/aromatic N) is 1. The zero-order valence-corrected chi connectivity index (χ0v) is 15.0. The van der Waals surface area contributed by atoms with Crippen molar-refractivity contribution in [2.75, 3.05) is 26.3 Å². The minimum absolute atomic E-state index is 0.00233. The van der Waals surface area contributed by atoms with E-state index in [0.717, 1.165) is 29.0 Å². The maximum absolute atomic E-state index is 11.8. The molecule has 2 atom stereocenters. The molecule has 0 aliphatic carbocycles. The van der Waals surface area contributed by atoms with Gasteiger partial charge in [-0.05, 0) is 35.7 Å². The van der Waals surface area contributed by atoms with E-state index in [1.807, 2.05) is 55.5 Å². The number of likely N-dealkylation sites (tertiary alicyclic amines) is 1. The molecule has 5 heteroatoms. The summed E-state index contributed by atoms with van der Waals surface area (Å²) in [5.74, 6) is -0.408. The van der Waals surface area contributed by atoms with Gasteiger partial charge in [-0.1, -0.05) is 36.4 Å². The molecule has 1 saturated heterocycles. The average Bonchev–Trinajstić information content (AvgIpc) is 3.04. The minimum Gasteiger partial charge on any atom is -0.491 e. The van der Waals surface area contributed by atoms with E-state index in [1.54, 1.807) is 0 Å². The molecule has 2 aromatic carbocycles. The first-order valence-corrected chi connectivity index (χ1v) is 8.91. The van der Waals surface area contributed by atoms with Crippen molar-refractivity contribution < 1.29 is 19.7 Å². The predicted molar refractivity (Wildman–Crippen MR) is 99.3 cm³/mol. The van der Waals surface area contributed by atoms with Gasteiger partial charge in [-0.3, -0.25) is 9.69 Å². The second-order valence-electron chi connectivity index (χ2n) is 6.82. The average molecular weight is 355 g/mol. The molecule has 1 heterocycles. The normalized spacial score (nSPS) is 20.2. The van der Waals surface area contributed by atoms with Gasteiger partial charge in [0.15, 0.2) is 0 Å². The molecule has 2 unspecified atom stereocenters. The van der Waals surface area contributed by atoms with Crippen LogP contribution >= 0.6 is 0 Å². The summed E-state index contributed by atoms with van der Waals surface area (Å²) in [5, 5.41) is 18.6. The van der Waals surface area contributed by atoms with Gasteiger partial charge in [-0.25, -0.2) is 0 Å². The number of rotatable bonds is 7. The van der Waals surface area contributed by atoms with Gasteiger partial charge in [0.2, 0.25) is 0 Å². The minimum atomic E-state index is -0.735. The fourth-order valence-corrected chi connectivity index (χ4v) is 3.74. The van der Waals surface area contributed by atoms with Crippen LogP contribution in [-0.4, -0.2) is 47.4 Å². The molecular weight excluding hydrogens is 330 g/mol. The topological polar surface area (TPSA) is 70.0 Å². The van der Waals surface area contributed by atoms with Gasteiger partial charge in [-0.2, -0.15) is 0 Å². The van der Waals surface area contributed by atoms with Crippen molar-refractivity contribution in [3.05, 3.63) is 65.2 Å². The van der Waals surface area contributed by atoms with Crippen molar-refractivity contribution in [3.63, 3.8) is 0 Å². The summed E-state index contributed by atoms with van der Waals surface area (Å²) in [6, 6.07) is 15.8. The number of ether oxygens (including phenoxy) is 1. The molecule has 1 aliphatic heterocycles. The van der Waals surface area contributed by atoms with E-state index in [2.05, 4.69) is 4.90 Å². The number of aliphatic hydroxyl groups excluding tert-OH is 1. The van der Waals surface area contributed by atoms with Crippen LogP contribution in [0.25, 0.3) is 0 Å². The van der Waals surface area contributed by atoms with Gasteiger partial charge >= 0.3 is 5.97 Å². The highest BCUT2D eigenvalue weighted by Crippen LogP contribution is 2.35. The second kappa shape index (κ2) is 8.34. The highest BCUT2D eigenvalue weighted by atomic mass is 16.5. The van der Waals surface area contributed by atoms with Crippen LogP contribution in [0.2, 0.25) is 0 Å². The number of aliphatic carboxylic acids is 1. The van der Waals surface area contributed by atoms with E-state index in [1.165, 1.54) is 0 Å². The molecular formula is C21H25NO4. The smallest absolute Gasteiger partial charge is 0.308 e. The Morgan fingerprint density at radius 3 is 2.73 bits per heavy atom. The molecule has 26 heavy (non-hydrogen) atoms. The van der Waals surface area contributed by atoms with Crippen LogP contribution in [0.3, 0.4) is 0 Å². The predicted octanol–water partition coefficient (Wildman–Crippen LogP) is 2.67. The van der Waals surface area contributed by atoms with Crippen molar-refractivity contribution >= 4 is 5.97 Å². The Kier molecular flexibility index (Phi) is 5.91. The molecule has 0 bridgehead atoms. The SMILES string of the molecule is Cc1ccccc1C1CN(Cc2cccc(OCCO)c2)CC1C(=O)O. The molecule has 3 rings (SSSR count). The lowest BCUT2D eigenvalue weighted by molar-refractivity contribution is -0.141. The summed E-state index contributed by atoms with van der Waals surface area (Å²) >= 11 is 0. The Labute approximate surface area is 153 Å². The maximum atomic E-state index is 11.8. The monoisotopic (exact) mass is 355 g/mol. The zero-order chi connectivity index (χ0) is 18.5. The first-order chi connectivity index (χ1) is 12.6. The Morgan fingerprint density at radius 2 is 2.00 bits per heavy atom. The van der Waals surface area contributed by atoms with Crippen LogP contribution in [-0.2, 0) is 11.3 Å². The molecule has 0 radical (unpaired) electrons. The van der Waals surface area contributed by atoms with Crippen LogP contribution < -0.4 is 4.74 Å². The summed E-state index contributed by atoms with van der Waals surface area (Å²) in [5.41, 5.74) is 3.35. The lowest BCUT2D eigenvalue weighted by atomic mass is 9.86. The number of benzene rings is 2. The van der Waals surface area contributed by atoms with Gasteiger partial charge in [0, 0.05) is 25.6 Å². The zero-order valence-electron chi connectivity index (χ0n) is 15.0. The van der Waals surface area contributed by atoms with Crippen molar-refractivity contribution in [2.45, 2.75) is 19.4 Å². The van der Waals surface area contributed by atoms with Gasteiger partial charge in [-0.15, -0.1) is 0 Å². The third kappa shape index (κ3) is 4.23. The largest absolute Gasteiger partial charge is 0.491 e. The molecule has 2 N–H and O–H groups in total. The number of hydrogen-bond acceptors (Lipinski definition) is 4. The maximum Gasteiger partial charge on any atom is 0.308 e. The first-order valence-electron chi connectivity index (χ1n) is 8.91. The van der Waals surface area contributed by atoms with Gasteiger partial charge in [0.1, 0.15) is 12.4 Å². The van der Waals surface area contributed by atoms with Crippen LogP contribution in [0.4, 0.5) is 0 Å². The summed E-state index contributed by atoms with van der Waals surface area (Å²) in [7, 11) is 0. The molecule has 0 amide bonds. The Balaban J connectivity index is 1.74. The molecule has 0 aromatic heterocycles. The van der Waals surface area contributed by atoms with Crippen molar-refractivity contribution in [1.82, 2.24) is 4.90 Å². The lowest BCUT2D eigenvalue weighted by Gasteiger charge is -2.18. The molecule has 2 aromatic rings. The molecule has 1 fully saturated rings. The summed E-state index contributed by atoms with van der Waals surface area (Å²) in [6.45, 7) is 4.24. The van der Waals surface area contributed by atoms with E-state index in [-0.39, 0.29) is 19.1 Å². The van der Waals surface area contributed by atoms with Crippen molar-refractivity contribution in [1.29, 1.82) is 0 Å². The lowest BCUT2D eigenvalue weighted by Crippen LogP contribution is -2.23. The van der Waals surface area contributed by atoms with Crippen molar-refractivity contribution in [2.24, 2.45) is 5.92 Å². The van der Waals surface area contributed by atoms with Crippen LogP contribution in [0.1, 0.15) is 22.6 Å². The fraction of sp³-hybridized carbons (Fsp3) is 0.381. The number of carbonyl (C=O) groups is 1. The fourth-order valence-electron chi connectivity index (χ4n) is 3.74. The van der Waals surface area contributed by atoms with E-state index in [4.69, 9.17) is 9.84 Å². The van der Waals surface area contributed by atoms with Gasteiger partial charge in [0.05, 0.1) is 12.5 Å². The van der Waals surface area contributed by atoms with E-state index < -0.39 is 11.9 Å². The molecule has 5 nitrogen and oxygen atoms in total. The van der Waals surface area contributed by atoms with E-state index >= 15 is 0 Å². The number of carboxylic acid groups (broad SMARTS) is 1. The van der Waals surface area contributed by atoms with Crippen LogP contribution in [0.5, 0.6) is 5.75 Å². The van der Waals surface area contributed by atoms with Crippen LogP contribution in [0.15, 0.2) is 48.5 Å². The Bertz CT molecular complexity index is 761. The summed E-state index contributed by atoms with van der Waals surface area (Å²) in [6.07, 6.45) is 0. The third-order valence-electron chi connectivity index (χ3n) is 4.97. The van der Waals surface area contributed by atoms with Gasteiger partial charge < -0.3 is 14.9 Å². The molecule has 1 aliphatic rings. The number of aryl methyl sites for hydroxylation is 1. The standard InChI is InChI=1S/C21H25NO4/c1-15-5-2-3-8-18(15)19-13-22(14-20(19)21(24)25)12-16-6-4-7-17(11-16)26-10-9-23/h2-8,11,19-20,23H,9-10,12-14H2,1H3,(H,24,25). The van der Waals surface area contributed by atoms with Gasteiger partial charge in [0.25, 0.3) is 0 Å². The molecule has 0 spiro atoms. The van der Waals surface area contributed by atoms with E-state index in [0.29, 0.717) is 13.1 Å². The Hall–Kier alpha value is -2.37. The van der Waals surface area contributed by atoms with Crippen LogP contribution in [0, 0.1) is 12.8 Å².